The molecule has 0 atom stereocenters. The molecular formula is C21H26BrN3O4. The summed E-state index contributed by atoms with van der Waals surface area (Å²) in [4.78, 5) is 49.9. The van der Waals surface area contributed by atoms with Crippen LogP contribution in [0.1, 0.15) is 65.7 Å². The Morgan fingerprint density at radius 1 is 1.00 bits per heavy atom. The predicted molar refractivity (Wildman–Crippen MR) is 111 cm³/mol. The van der Waals surface area contributed by atoms with E-state index in [0.717, 1.165) is 30.2 Å². The summed E-state index contributed by atoms with van der Waals surface area (Å²) in [7, 11) is 0. The van der Waals surface area contributed by atoms with Crippen molar-refractivity contribution in [1.29, 1.82) is 0 Å². The first kappa shape index (κ1) is 21.5. The van der Waals surface area contributed by atoms with E-state index in [0.29, 0.717) is 30.6 Å². The van der Waals surface area contributed by atoms with Crippen LogP contribution in [0.4, 0.5) is 0 Å². The van der Waals surface area contributed by atoms with Crippen molar-refractivity contribution in [1.82, 2.24) is 15.5 Å². The van der Waals surface area contributed by atoms with Gasteiger partial charge < -0.3 is 10.6 Å². The number of halogens is 1. The van der Waals surface area contributed by atoms with Gasteiger partial charge in [-0.15, -0.1) is 0 Å². The van der Waals surface area contributed by atoms with Gasteiger partial charge >= 0.3 is 0 Å². The molecule has 1 saturated carbocycles. The second-order valence-electron chi connectivity index (χ2n) is 7.53. The number of fused-ring (bicyclic) bond motifs is 1. The second-order valence-corrected chi connectivity index (χ2v) is 8.45. The Morgan fingerprint density at radius 2 is 1.69 bits per heavy atom. The average Bonchev–Trinajstić information content (AvgIpc) is 2.96. The van der Waals surface area contributed by atoms with Gasteiger partial charge in [-0.1, -0.05) is 35.2 Å². The summed E-state index contributed by atoms with van der Waals surface area (Å²) in [5, 5.41) is 5.64. The zero-order valence-corrected chi connectivity index (χ0v) is 17.9. The molecule has 0 saturated heterocycles. The van der Waals surface area contributed by atoms with Gasteiger partial charge in [0.15, 0.2) is 0 Å². The summed E-state index contributed by atoms with van der Waals surface area (Å²) in [5.74, 6) is -0.604. The highest BCUT2D eigenvalue weighted by molar-refractivity contribution is 9.10. The van der Waals surface area contributed by atoms with Gasteiger partial charge in [0.2, 0.25) is 11.8 Å². The third kappa shape index (κ3) is 5.44. The number of carbonyl (C=O) groups excluding carboxylic acids is 4. The Morgan fingerprint density at radius 3 is 2.45 bits per heavy atom. The molecule has 1 aliphatic carbocycles. The molecule has 1 heterocycles. The molecule has 1 aliphatic heterocycles. The molecule has 29 heavy (non-hydrogen) atoms. The molecule has 156 valence electrons. The minimum atomic E-state index is -0.322. The van der Waals surface area contributed by atoms with Crippen LogP contribution in [0.3, 0.4) is 0 Å². The van der Waals surface area contributed by atoms with Gasteiger partial charge in [0.05, 0.1) is 11.1 Å². The number of benzene rings is 1. The Labute approximate surface area is 178 Å². The molecule has 3 rings (SSSR count). The van der Waals surface area contributed by atoms with E-state index >= 15 is 0 Å². The Hall–Kier alpha value is -2.22. The van der Waals surface area contributed by atoms with Crippen molar-refractivity contribution < 1.29 is 19.2 Å². The maximum absolute atomic E-state index is 12.4. The fraction of sp³-hybridized carbons (Fsp3) is 0.524. The minimum Gasteiger partial charge on any atom is -0.354 e. The number of rotatable bonds is 8. The molecule has 0 bridgehead atoms. The summed E-state index contributed by atoms with van der Waals surface area (Å²) in [5.41, 5.74) is 0.791. The van der Waals surface area contributed by atoms with E-state index in [1.54, 1.807) is 18.2 Å². The van der Waals surface area contributed by atoms with Crippen LogP contribution in [0.5, 0.6) is 0 Å². The van der Waals surface area contributed by atoms with Crippen molar-refractivity contribution in [2.45, 2.75) is 44.9 Å². The maximum Gasteiger partial charge on any atom is 0.261 e. The van der Waals surface area contributed by atoms with E-state index in [1.807, 2.05) is 0 Å². The molecule has 8 heteroatoms. The van der Waals surface area contributed by atoms with Crippen molar-refractivity contribution in [3.63, 3.8) is 0 Å². The zero-order chi connectivity index (χ0) is 20.8. The van der Waals surface area contributed by atoms with Gasteiger partial charge in [-0.2, -0.15) is 0 Å². The van der Waals surface area contributed by atoms with Gasteiger partial charge in [0.1, 0.15) is 0 Å². The number of hydrogen-bond donors (Lipinski definition) is 2. The largest absolute Gasteiger partial charge is 0.354 e. The first-order valence-corrected chi connectivity index (χ1v) is 11.0. The Kier molecular flexibility index (Phi) is 7.41. The molecule has 0 aromatic heterocycles. The highest BCUT2D eigenvalue weighted by Crippen LogP contribution is 2.26. The molecule has 1 fully saturated rings. The van der Waals surface area contributed by atoms with Crippen LogP contribution in [0.25, 0.3) is 0 Å². The van der Waals surface area contributed by atoms with Gasteiger partial charge in [0, 0.05) is 36.4 Å². The van der Waals surface area contributed by atoms with Crippen LogP contribution >= 0.6 is 15.9 Å². The fourth-order valence-corrected chi connectivity index (χ4v) is 4.21. The lowest BCUT2D eigenvalue weighted by Gasteiger charge is -2.20. The fourth-order valence-electron chi connectivity index (χ4n) is 3.85. The number of carbonyl (C=O) groups is 4. The molecule has 2 aliphatic rings. The summed E-state index contributed by atoms with van der Waals surface area (Å²) < 4.78 is 0.745. The molecule has 1 aromatic carbocycles. The minimum absolute atomic E-state index is 0.0798. The van der Waals surface area contributed by atoms with Gasteiger partial charge in [-0.05, 0) is 37.5 Å². The predicted octanol–water partition coefficient (Wildman–Crippen LogP) is 2.64. The highest BCUT2D eigenvalue weighted by atomic mass is 79.9. The smallest absolute Gasteiger partial charge is 0.261 e. The molecule has 0 radical (unpaired) electrons. The van der Waals surface area contributed by atoms with Crippen molar-refractivity contribution >= 4 is 39.6 Å². The van der Waals surface area contributed by atoms with Crippen molar-refractivity contribution in [3.8, 4) is 0 Å². The molecule has 2 N–H and O–H groups in total. The first-order chi connectivity index (χ1) is 14.0. The highest BCUT2D eigenvalue weighted by Gasteiger charge is 2.35. The third-order valence-electron chi connectivity index (χ3n) is 5.44. The average molecular weight is 464 g/mol. The first-order valence-electron chi connectivity index (χ1n) is 10.2. The van der Waals surface area contributed by atoms with Gasteiger partial charge in [-0.25, -0.2) is 0 Å². The standard InChI is InChI=1S/C21H26BrN3O4/c22-15-8-9-16-17(13-15)21(29)25(20(16)28)12-4-7-18(26)23-10-11-24-19(27)14-5-2-1-3-6-14/h8-9,13-14H,1-7,10-12H2,(H,23,26)(H,24,27). The van der Waals surface area contributed by atoms with Crippen LogP contribution in [0.2, 0.25) is 0 Å². The van der Waals surface area contributed by atoms with E-state index in [1.165, 1.54) is 11.3 Å². The van der Waals surface area contributed by atoms with Crippen LogP contribution in [0.15, 0.2) is 22.7 Å². The molecule has 4 amide bonds. The number of imide groups is 1. The molecular weight excluding hydrogens is 438 g/mol. The van der Waals surface area contributed by atoms with Gasteiger partial charge in [0.25, 0.3) is 11.8 Å². The molecule has 0 unspecified atom stereocenters. The van der Waals surface area contributed by atoms with E-state index in [4.69, 9.17) is 0 Å². The number of nitrogens with one attached hydrogen (secondary N) is 2. The molecule has 7 nitrogen and oxygen atoms in total. The quantitative estimate of drug-likeness (QED) is 0.457. The number of nitrogens with zero attached hydrogens (tertiary/aromatic N) is 1. The van der Waals surface area contributed by atoms with Crippen LogP contribution in [-0.2, 0) is 9.59 Å². The monoisotopic (exact) mass is 463 g/mol. The molecule has 0 spiro atoms. The lowest BCUT2D eigenvalue weighted by molar-refractivity contribution is -0.126. The van der Waals surface area contributed by atoms with Crippen molar-refractivity contribution in [3.05, 3.63) is 33.8 Å². The van der Waals surface area contributed by atoms with E-state index in [9.17, 15) is 19.2 Å². The summed E-state index contributed by atoms with van der Waals surface area (Å²) in [6.07, 6.45) is 5.94. The maximum atomic E-state index is 12.4. The summed E-state index contributed by atoms with van der Waals surface area (Å²) >= 11 is 3.30. The number of hydrogen-bond acceptors (Lipinski definition) is 4. The molecule has 1 aromatic rings. The zero-order valence-electron chi connectivity index (χ0n) is 16.3. The van der Waals surface area contributed by atoms with Gasteiger partial charge in [-0.3, -0.25) is 24.1 Å². The second kappa shape index (κ2) is 10.0. The van der Waals surface area contributed by atoms with Crippen molar-refractivity contribution in [2.75, 3.05) is 19.6 Å². The summed E-state index contributed by atoms with van der Waals surface area (Å²) in [6, 6.07) is 5.01. The van der Waals surface area contributed by atoms with Crippen LogP contribution in [-0.4, -0.2) is 48.2 Å². The van der Waals surface area contributed by atoms with Crippen LogP contribution in [0, 0.1) is 5.92 Å². The van der Waals surface area contributed by atoms with E-state index < -0.39 is 0 Å². The third-order valence-corrected chi connectivity index (χ3v) is 5.93. The van der Waals surface area contributed by atoms with Crippen molar-refractivity contribution in [2.24, 2.45) is 5.92 Å². The number of amides is 4. The Balaban J connectivity index is 1.33. The lowest BCUT2D eigenvalue weighted by Crippen LogP contribution is -2.38. The van der Waals surface area contributed by atoms with E-state index in [-0.39, 0.29) is 42.5 Å². The Bertz CT molecular complexity index is 805. The lowest BCUT2D eigenvalue weighted by atomic mass is 9.89. The van der Waals surface area contributed by atoms with Crippen LogP contribution < -0.4 is 10.6 Å². The normalized spacial score (nSPS) is 16.7. The topological polar surface area (TPSA) is 95.6 Å². The van der Waals surface area contributed by atoms with E-state index in [2.05, 4.69) is 26.6 Å². The summed E-state index contributed by atoms with van der Waals surface area (Å²) in [6.45, 7) is 0.989. The SMILES string of the molecule is O=C(CCCN1C(=O)c2ccc(Br)cc2C1=O)NCCNC(=O)C1CCCCC1.